The number of carbonyl (C=O) groups excluding carboxylic acids is 3. The molecule has 9 heterocycles. The Bertz CT molecular complexity index is 5220. The highest BCUT2D eigenvalue weighted by molar-refractivity contribution is 6.35. The number of fused-ring (bicyclic) bond motifs is 3. The number of hydrogen-bond donors (Lipinski definition) is 3. The van der Waals surface area contributed by atoms with Crippen LogP contribution in [0.1, 0.15) is 55.9 Å². The number of likely N-dealkylation sites (tertiary alicyclic amines) is 3. The second-order valence-corrected chi connectivity index (χ2v) is 29.5. The SMILES string of the molecule is CN(C)C/C=C/C(=O)N1CC[C@@H](n2c(Cl)c(-c3ccc(Oc4ccccc4)cc3)c3c(N)ncnc32)C1.CN(C/C=C/C(=O)N1CCC(n2c(F)c(-c3ccc(Oc4ccccc4)cc3)c3c(N)ncnc32)C1)C1CC1.Cc1c(-c2ccc(Oc3ccccc3)cc2)c2c(N)ncnc2n1[C@@H]1CCN(C(=O)/C=C/CN(C)C)C1. The number of para-hydroxylation sites is 3. The van der Waals surface area contributed by atoms with Crippen LogP contribution in [0.4, 0.5) is 21.8 Å². The Balaban J connectivity index is 0.000000141. The zero-order valence-electron chi connectivity index (χ0n) is 64.1. The first-order valence-corrected chi connectivity index (χ1v) is 38.3. The van der Waals surface area contributed by atoms with E-state index >= 15 is 4.39 Å². The summed E-state index contributed by atoms with van der Waals surface area (Å²) in [6.07, 6.45) is 19.7. The van der Waals surface area contributed by atoms with Gasteiger partial charge >= 0.3 is 0 Å². The Kier molecular flexibility index (Phi) is 24.0. The summed E-state index contributed by atoms with van der Waals surface area (Å²) in [6, 6.07) is 52.2. The lowest BCUT2D eigenvalue weighted by atomic mass is 10.0. The Hall–Kier alpha value is -12.3. The molecule has 3 atom stereocenters. The lowest BCUT2D eigenvalue weighted by Gasteiger charge is -2.18. The van der Waals surface area contributed by atoms with Gasteiger partial charge in [0.1, 0.15) is 93.0 Å². The van der Waals surface area contributed by atoms with Crippen LogP contribution in [0.5, 0.6) is 34.5 Å². The van der Waals surface area contributed by atoms with Crippen molar-refractivity contribution in [3.05, 3.63) is 236 Å². The third-order valence-electron chi connectivity index (χ3n) is 20.7. The second kappa shape index (κ2) is 35.0. The zero-order chi connectivity index (χ0) is 78.8. The van der Waals surface area contributed by atoms with E-state index in [0.29, 0.717) is 120 Å². The molecule has 6 aromatic carbocycles. The number of halogens is 2. The van der Waals surface area contributed by atoms with E-state index in [-0.39, 0.29) is 41.7 Å². The second-order valence-electron chi connectivity index (χ2n) is 29.2. The van der Waals surface area contributed by atoms with Gasteiger partial charge in [-0.05, 0) is 164 Å². The van der Waals surface area contributed by atoms with E-state index < -0.39 is 5.95 Å². The van der Waals surface area contributed by atoms with Crippen molar-refractivity contribution in [2.45, 2.75) is 63.2 Å². The lowest BCUT2D eigenvalue weighted by molar-refractivity contribution is -0.125. The Morgan fingerprint density at radius 1 is 0.434 bits per heavy atom. The highest BCUT2D eigenvalue weighted by atomic mass is 35.5. The first-order valence-electron chi connectivity index (χ1n) is 37.9. The van der Waals surface area contributed by atoms with Crippen molar-refractivity contribution in [3.63, 3.8) is 0 Å². The summed E-state index contributed by atoms with van der Waals surface area (Å²) >= 11 is 7.04. The van der Waals surface area contributed by atoms with E-state index in [1.54, 1.807) is 52.0 Å². The minimum absolute atomic E-state index is 0.000280. The Morgan fingerprint density at radius 3 is 1.16 bits per heavy atom. The topological polar surface area (TPSA) is 269 Å². The molecule has 12 aromatic rings. The van der Waals surface area contributed by atoms with Gasteiger partial charge in [0.15, 0.2) is 0 Å². The maximum absolute atomic E-state index is 16.2. The normalized spacial score (nSPS) is 16.4. The fourth-order valence-corrected chi connectivity index (χ4v) is 15.4. The largest absolute Gasteiger partial charge is 0.457 e. The number of nitrogens with zero attached hydrogens (tertiary/aromatic N) is 15. The molecular weight excluding hydrogens is 1450 g/mol. The maximum Gasteiger partial charge on any atom is 0.246 e. The van der Waals surface area contributed by atoms with Gasteiger partial charge in [-0.25, -0.2) is 29.9 Å². The number of amides is 3. The molecule has 16 rings (SSSR count). The van der Waals surface area contributed by atoms with Crippen LogP contribution in [0.3, 0.4) is 0 Å². The van der Waals surface area contributed by atoms with Crippen LogP contribution in [0.2, 0.25) is 5.15 Å². The van der Waals surface area contributed by atoms with Crippen LogP contribution in [-0.2, 0) is 14.4 Å². The van der Waals surface area contributed by atoms with Crippen LogP contribution < -0.4 is 31.4 Å². The van der Waals surface area contributed by atoms with Gasteiger partial charge in [-0.3, -0.25) is 23.9 Å². The fourth-order valence-electron chi connectivity index (χ4n) is 15.0. The first-order chi connectivity index (χ1) is 54.8. The summed E-state index contributed by atoms with van der Waals surface area (Å²) in [6.45, 7) is 7.76. The van der Waals surface area contributed by atoms with E-state index in [1.165, 1.54) is 31.8 Å². The van der Waals surface area contributed by atoms with Crippen LogP contribution in [0.25, 0.3) is 66.5 Å². The number of rotatable bonds is 22. The van der Waals surface area contributed by atoms with E-state index in [1.807, 2.05) is 210 Å². The Labute approximate surface area is 660 Å². The molecule has 580 valence electrons. The van der Waals surface area contributed by atoms with Gasteiger partial charge in [-0.15, -0.1) is 0 Å². The molecule has 6 N–H and O–H groups in total. The number of carbonyl (C=O) groups is 3. The molecule has 1 aliphatic carbocycles. The monoisotopic (exact) mass is 1540 g/mol. The molecule has 1 unspecified atom stereocenters. The number of likely N-dealkylation sites (N-methyl/N-ethyl adjacent to an activating group) is 3. The summed E-state index contributed by atoms with van der Waals surface area (Å²) in [5.74, 6) is 4.96. The minimum Gasteiger partial charge on any atom is -0.457 e. The van der Waals surface area contributed by atoms with Crippen molar-refractivity contribution in [3.8, 4) is 67.9 Å². The summed E-state index contributed by atoms with van der Waals surface area (Å²) in [7, 11) is 9.97. The minimum atomic E-state index is -0.435. The first kappa shape index (κ1) is 77.4. The van der Waals surface area contributed by atoms with Gasteiger partial charge < -0.3 is 65.0 Å². The summed E-state index contributed by atoms with van der Waals surface area (Å²) in [4.78, 5) is 76.4. The summed E-state index contributed by atoms with van der Waals surface area (Å²) < 4.78 is 39.8. The number of ether oxygens (including phenoxy) is 3. The predicted molar refractivity (Wildman–Crippen MR) is 442 cm³/mol. The van der Waals surface area contributed by atoms with Crippen molar-refractivity contribution >= 4 is 79.9 Å². The van der Waals surface area contributed by atoms with Crippen molar-refractivity contribution < 1.29 is 33.0 Å². The molecule has 0 bridgehead atoms. The van der Waals surface area contributed by atoms with Crippen LogP contribution in [0, 0.1) is 12.9 Å². The summed E-state index contributed by atoms with van der Waals surface area (Å²) in [5.41, 5.74) is 26.6. The van der Waals surface area contributed by atoms with Crippen LogP contribution in [-0.4, -0.2) is 191 Å². The molecule has 4 fully saturated rings. The van der Waals surface area contributed by atoms with E-state index in [0.717, 1.165) is 87.9 Å². The van der Waals surface area contributed by atoms with Gasteiger partial charge in [0.25, 0.3) is 0 Å². The van der Waals surface area contributed by atoms with Crippen molar-refractivity contribution in [2.75, 3.05) is 111 Å². The quantitative estimate of drug-likeness (QED) is 0.0532. The molecule has 0 radical (unpaired) electrons. The predicted octanol–water partition coefficient (Wildman–Crippen LogP) is 14.7. The van der Waals surface area contributed by atoms with Gasteiger partial charge in [0.2, 0.25) is 23.7 Å². The number of hydrogen-bond acceptors (Lipinski definition) is 18. The number of aromatic nitrogens is 9. The maximum atomic E-state index is 16.2. The van der Waals surface area contributed by atoms with Crippen molar-refractivity contribution in [1.29, 1.82) is 0 Å². The number of nitrogen functional groups attached to an aromatic ring is 3. The molecule has 6 aromatic heterocycles. The molecule has 0 spiro atoms. The van der Waals surface area contributed by atoms with E-state index in [2.05, 4.69) is 53.3 Å². The van der Waals surface area contributed by atoms with Crippen molar-refractivity contribution in [1.82, 2.24) is 73.0 Å². The van der Waals surface area contributed by atoms with Gasteiger partial charge in [-0.1, -0.05) is 121 Å². The molecule has 4 aliphatic rings. The third-order valence-corrected chi connectivity index (χ3v) is 21.1. The van der Waals surface area contributed by atoms with Gasteiger partial charge in [0, 0.05) is 106 Å². The van der Waals surface area contributed by atoms with E-state index in [9.17, 15) is 14.4 Å². The van der Waals surface area contributed by atoms with Gasteiger partial charge in [0.05, 0.1) is 34.3 Å². The molecule has 113 heavy (non-hydrogen) atoms. The molecule has 26 heteroatoms. The van der Waals surface area contributed by atoms with Crippen LogP contribution in [0.15, 0.2) is 219 Å². The average Bonchev–Trinajstić information content (AvgIpc) is 1.60. The van der Waals surface area contributed by atoms with E-state index in [4.69, 9.17) is 43.0 Å². The Morgan fingerprint density at radius 2 is 0.761 bits per heavy atom. The highest BCUT2D eigenvalue weighted by Crippen LogP contribution is 2.46. The molecule has 3 amide bonds. The third kappa shape index (κ3) is 17.7. The number of anilines is 3. The standard InChI is InChI=1S/C30H31FN6O2.C29H32N6O2.C28H29ClN6O2/c1-35(21-11-12-21)16-5-8-25(38)36-17-15-22(18-36)37-28(31)26(27-29(32)33-19-34-30(27)37)20-9-13-24(14-10-20)39-23-6-3-2-4-7-23;1-20-26(21-11-13-24(14-12-21)37-23-8-5-4-6-9-23)27-28(30)31-19-32-29(27)35(20)22-15-17-34(18-22)25(36)10-7-16-33(2)3;1-33(2)15-6-9-23(36)34-16-14-20(17-34)35-26(29)24(25-27(30)31-18-32-28(25)35)19-10-12-22(13-11-19)37-21-7-4-3-5-8-21/h2-10,13-14,19,21-22H,11-12,15-18H2,1H3,(H2,32,33,34);4-14,19,22H,15-18H2,1-3H3,(H2,30,31,32);3-13,18,20H,14-17H2,1-2H3,(H2,30,31,32)/b8-5+;10-7+;9-6+/t;22-;20-/m.11/s1. The molecular formula is C87H92ClFN18O6. The summed E-state index contributed by atoms with van der Waals surface area (Å²) in [5, 5.41) is 2.55. The van der Waals surface area contributed by atoms with Crippen LogP contribution >= 0.6 is 11.6 Å². The van der Waals surface area contributed by atoms with Gasteiger partial charge in [-0.2, -0.15) is 4.39 Å². The molecule has 3 aliphatic heterocycles. The molecule has 1 saturated carbocycles. The zero-order valence-corrected chi connectivity index (χ0v) is 64.9. The fraction of sp³-hybridized carbons (Fsp3) is 0.276. The average molecular weight is 1540 g/mol. The number of benzene rings is 6. The highest BCUT2D eigenvalue weighted by Gasteiger charge is 2.36. The lowest BCUT2D eigenvalue weighted by Crippen LogP contribution is -2.28. The number of nitrogens with two attached hydrogens (primary N) is 3. The van der Waals surface area contributed by atoms with Crippen molar-refractivity contribution in [2.24, 2.45) is 0 Å². The molecule has 24 nitrogen and oxygen atoms in total. The smallest absolute Gasteiger partial charge is 0.246 e. The molecule has 3 saturated heterocycles.